The molecular weight excluding hydrogens is 512 g/mol. The van der Waals surface area contributed by atoms with Crippen LogP contribution in [-0.4, -0.2) is 55.6 Å². The average molecular weight is 547 g/mol. The molecule has 2 aromatic carbocycles. The van der Waals surface area contributed by atoms with Crippen LogP contribution in [0.15, 0.2) is 67.0 Å². The standard InChI is InChI=1S/C33H34N6O2/c1-41-29-15-24(33(40)38-19-23-10-11-27(38)30(23)34)13-25-31(29)39(18-21-5-4-12-35-16-21)32(36-25)28-14-22-6-2-3-7-26(22)37(28)17-20-8-9-20/h2-7,12-16,20,23,27,30H,8-11,17-19,34H2,1H3/t23-,27-,30-/m1/s1. The van der Waals surface area contributed by atoms with Crippen LogP contribution in [0.2, 0.25) is 0 Å². The molecule has 3 fully saturated rings. The third-order valence-corrected chi connectivity index (χ3v) is 9.43. The zero-order valence-electron chi connectivity index (χ0n) is 23.2. The molecular formula is C33H34N6O2. The number of nitrogens with two attached hydrogens (primary N) is 1. The molecule has 0 spiro atoms. The lowest BCUT2D eigenvalue weighted by Crippen LogP contribution is -2.41. The zero-order valence-corrected chi connectivity index (χ0v) is 23.2. The Morgan fingerprint density at radius 3 is 2.66 bits per heavy atom. The van der Waals surface area contributed by atoms with Gasteiger partial charge in [0.2, 0.25) is 0 Å². The molecule has 8 nitrogen and oxygen atoms in total. The summed E-state index contributed by atoms with van der Waals surface area (Å²) in [6.45, 7) is 2.28. The van der Waals surface area contributed by atoms with Gasteiger partial charge in [0.15, 0.2) is 5.82 Å². The highest BCUT2D eigenvalue weighted by Crippen LogP contribution is 2.40. The minimum atomic E-state index is 0.0130. The first-order valence-corrected chi connectivity index (χ1v) is 14.7. The molecule has 3 atom stereocenters. The quantitative estimate of drug-likeness (QED) is 0.307. The van der Waals surface area contributed by atoms with Crippen molar-refractivity contribution in [2.75, 3.05) is 13.7 Å². The van der Waals surface area contributed by atoms with Crippen LogP contribution in [0.4, 0.5) is 0 Å². The molecule has 41 heavy (non-hydrogen) atoms. The van der Waals surface area contributed by atoms with Crippen molar-refractivity contribution in [3.63, 3.8) is 0 Å². The second-order valence-electron chi connectivity index (χ2n) is 12.0. The first-order chi connectivity index (χ1) is 20.1. The number of rotatable bonds is 7. The zero-order chi connectivity index (χ0) is 27.7. The Morgan fingerprint density at radius 2 is 1.93 bits per heavy atom. The third kappa shape index (κ3) is 4.03. The van der Waals surface area contributed by atoms with E-state index in [0.717, 1.165) is 54.0 Å². The molecule has 2 aliphatic carbocycles. The molecule has 4 heterocycles. The van der Waals surface area contributed by atoms with Crippen LogP contribution in [-0.2, 0) is 13.1 Å². The number of aromatic nitrogens is 4. The average Bonchev–Trinajstić information content (AvgIpc) is 3.37. The van der Waals surface area contributed by atoms with Crippen LogP contribution in [0.3, 0.4) is 0 Å². The monoisotopic (exact) mass is 546 g/mol. The fourth-order valence-corrected chi connectivity index (χ4v) is 7.13. The Hall–Kier alpha value is -4.17. The molecule has 2 N–H and O–H groups in total. The van der Waals surface area contributed by atoms with Gasteiger partial charge in [0.25, 0.3) is 5.91 Å². The Labute approximate surface area is 238 Å². The van der Waals surface area contributed by atoms with Gasteiger partial charge in [-0.3, -0.25) is 9.78 Å². The molecule has 2 bridgehead atoms. The Kier molecular flexibility index (Phi) is 5.67. The van der Waals surface area contributed by atoms with Gasteiger partial charge in [0.05, 0.1) is 24.9 Å². The number of hydrogen-bond donors (Lipinski definition) is 1. The van der Waals surface area contributed by atoms with Crippen molar-refractivity contribution in [1.29, 1.82) is 0 Å². The number of likely N-dealkylation sites (tertiary alicyclic amines) is 1. The largest absolute Gasteiger partial charge is 0.494 e. The number of piperidine rings is 1. The normalized spacial score (nSPS) is 21.8. The number of para-hydroxylation sites is 1. The molecule has 1 amide bonds. The molecule has 1 aliphatic heterocycles. The Bertz CT molecular complexity index is 1790. The number of benzene rings is 2. The smallest absolute Gasteiger partial charge is 0.254 e. The maximum Gasteiger partial charge on any atom is 0.254 e. The van der Waals surface area contributed by atoms with Crippen molar-refractivity contribution >= 4 is 27.8 Å². The topological polar surface area (TPSA) is 91.2 Å². The Balaban J connectivity index is 1.31. The first-order valence-electron chi connectivity index (χ1n) is 14.7. The molecule has 5 aromatic rings. The van der Waals surface area contributed by atoms with Crippen molar-refractivity contribution in [1.82, 2.24) is 24.0 Å². The van der Waals surface area contributed by atoms with E-state index in [1.165, 1.54) is 23.7 Å². The van der Waals surface area contributed by atoms with E-state index in [2.05, 4.69) is 50.5 Å². The second-order valence-corrected chi connectivity index (χ2v) is 12.0. The van der Waals surface area contributed by atoms with Gasteiger partial charge < -0.3 is 24.5 Å². The van der Waals surface area contributed by atoms with Crippen LogP contribution in [0, 0.1) is 11.8 Å². The van der Waals surface area contributed by atoms with E-state index in [9.17, 15) is 4.79 Å². The van der Waals surface area contributed by atoms with Gasteiger partial charge in [-0.2, -0.15) is 0 Å². The minimum Gasteiger partial charge on any atom is -0.494 e. The predicted octanol–water partition coefficient (Wildman–Crippen LogP) is 5.08. The summed E-state index contributed by atoms with van der Waals surface area (Å²) in [5.74, 6) is 2.62. The highest BCUT2D eigenvalue weighted by Gasteiger charge is 2.47. The first kappa shape index (κ1) is 24.6. The molecule has 8 rings (SSSR count). The van der Waals surface area contributed by atoms with E-state index < -0.39 is 0 Å². The molecule has 208 valence electrons. The van der Waals surface area contributed by atoms with Crippen LogP contribution >= 0.6 is 0 Å². The van der Waals surface area contributed by atoms with E-state index in [4.69, 9.17) is 15.5 Å². The summed E-state index contributed by atoms with van der Waals surface area (Å²) in [6.07, 6.45) is 8.30. The van der Waals surface area contributed by atoms with Gasteiger partial charge in [-0.15, -0.1) is 0 Å². The molecule has 3 aliphatic rings. The van der Waals surface area contributed by atoms with Gasteiger partial charge >= 0.3 is 0 Å². The summed E-state index contributed by atoms with van der Waals surface area (Å²) < 4.78 is 10.6. The molecule has 1 saturated heterocycles. The molecule has 2 saturated carbocycles. The highest BCUT2D eigenvalue weighted by atomic mass is 16.5. The number of ether oxygens (including phenoxy) is 1. The Morgan fingerprint density at radius 1 is 1.05 bits per heavy atom. The minimum absolute atomic E-state index is 0.0130. The van der Waals surface area contributed by atoms with Crippen molar-refractivity contribution in [3.05, 3.63) is 78.1 Å². The fraction of sp³-hybridized carbons (Fsp3) is 0.364. The highest BCUT2D eigenvalue weighted by molar-refractivity contribution is 6.00. The second kappa shape index (κ2) is 9.45. The van der Waals surface area contributed by atoms with E-state index in [1.54, 1.807) is 13.3 Å². The molecule has 8 heteroatoms. The maximum atomic E-state index is 13.8. The van der Waals surface area contributed by atoms with Gasteiger partial charge in [-0.25, -0.2) is 4.98 Å². The molecule has 0 radical (unpaired) electrons. The lowest BCUT2D eigenvalue weighted by atomic mass is 10.1. The van der Waals surface area contributed by atoms with Crippen LogP contribution in [0.5, 0.6) is 5.75 Å². The van der Waals surface area contributed by atoms with Crippen molar-refractivity contribution < 1.29 is 9.53 Å². The van der Waals surface area contributed by atoms with Crippen LogP contribution in [0.1, 0.15) is 41.6 Å². The van der Waals surface area contributed by atoms with Crippen LogP contribution in [0.25, 0.3) is 33.5 Å². The van der Waals surface area contributed by atoms with E-state index >= 15 is 0 Å². The van der Waals surface area contributed by atoms with E-state index in [0.29, 0.717) is 29.7 Å². The van der Waals surface area contributed by atoms with Crippen molar-refractivity contribution in [3.8, 4) is 17.3 Å². The molecule has 3 aromatic heterocycles. The summed E-state index contributed by atoms with van der Waals surface area (Å²) in [4.78, 5) is 25.4. The van der Waals surface area contributed by atoms with Gasteiger partial charge in [-0.1, -0.05) is 24.3 Å². The summed E-state index contributed by atoms with van der Waals surface area (Å²) in [5, 5.41) is 1.20. The summed E-state index contributed by atoms with van der Waals surface area (Å²) in [7, 11) is 1.67. The van der Waals surface area contributed by atoms with Gasteiger partial charge in [0.1, 0.15) is 11.3 Å². The number of imidazole rings is 1. The number of carbonyl (C=O) groups is 1. The fourth-order valence-electron chi connectivity index (χ4n) is 7.13. The number of pyridine rings is 1. The third-order valence-electron chi connectivity index (χ3n) is 9.43. The number of fused-ring (bicyclic) bond motifs is 4. The predicted molar refractivity (Wildman–Crippen MR) is 159 cm³/mol. The summed E-state index contributed by atoms with van der Waals surface area (Å²) in [6, 6.07) is 18.9. The van der Waals surface area contributed by atoms with Crippen LogP contribution < -0.4 is 10.5 Å². The van der Waals surface area contributed by atoms with Crippen molar-refractivity contribution in [2.45, 2.75) is 50.9 Å². The lowest BCUT2D eigenvalue weighted by Gasteiger charge is -2.27. The number of nitrogens with zero attached hydrogens (tertiary/aromatic N) is 5. The van der Waals surface area contributed by atoms with Gasteiger partial charge in [0, 0.05) is 54.0 Å². The van der Waals surface area contributed by atoms with E-state index in [1.807, 2.05) is 29.3 Å². The van der Waals surface area contributed by atoms with Gasteiger partial charge in [-0.05, 0) is 73.4 Å². The SMILES string of the molecule is COc1cc(C(=O)N2C[C@H]3CC[C@@H]2[C@@H]3N)cc2nc(-c3cc4ccccc4n3CC3CC3)n(Cc3cccnc3)c12. The number of methoxy groups -OCH3 is 1. The number of carbonyl (C=O) groups excluding carboxylic acids is 1. The summed E-state index contributed by atoms with van der Waals surface area (Å²) in [5.41, 5.74) is 12.0. The van der Waals surface area contributed by atoms with Crippen molar-refractivity contribution in [2.24, 2.45) is 17.6 Å². The maximum absolute atomic E-state index is 13.8. The number of amides is 1. The lowest BCUT2D eigenvalue weighted by molar-refractivity contribution is 0.0700. The van der Waals surface area contributed by atoms with E-state index in [-0.39, 0.29) is 18.0 Å². The summed E-state index contributed by atoms with van der Waals surface area (Å²) >= 11 is 0. The number of hydrogen-bond acceptors (Lipinski definition) is 5. The molecule has 0 unspecified atom stereocenters.